The van der Waals surface area contributed by atoms with Gasteiger partial charge < -0.3 is 9.73 Å². The van der Waals surface area contributed by atoms with Crippen LogP contribution in [-0.4, -0.2) is 21.6 Å². The van der Waals surface area contributed by atoms with E-state index in [-0.39, 0.29) is 17.5 Å². The summed E-state index contributed by atoms with van der Waals surface area (Å²) in [4.78, 5) is 21.8. The second-order valence-electron chi connectivity index (χ2n) is 6.85. The Morgan fingerprint density at radius 1 is 0.969 bits per heavy atom. The maximum absolute atomic E-state index is 13.1. The Kier molecular flexibility index (Phi) is 5.70. The Balaban J connectivity index is 1.42. The van der Waals surface area contributed by atoms with Crippen molar-refractivity contribution in [3.8, 4) is 22.2 Å². The first-order valence-electron chi connectivity index (χ1n) is 9.76. The zero-order chi connectivity index (χ0) is 21.9. The molecule has 0 saturated heterocycles. The van der Waals surface area contributed by atoms with Gasteiger partial charge >= 0.3 is 0 Å². The van der Waals surface area contributed by atoms with E-state index >= 15 is 0 Å². The van der Waals surface area contributed by atoms with Gasteiger partial charge in [0.25, 0.3) is 0 Å². The van der Waals surface area contributed by atoms with Crippen molar-refractivity contribution in [3.63, 3.8) is 0 Å². The number of aromatic nitrogens is 2. The summed E-state index contributed by atoms with van der Waals surface area (Å²) >= 11 is 2.78. The van der Waals surface area contributed by atoms with Crippen LogP contribution in [0.3, 0.4) is 0 Å². The lowest BCUT2D eigenvalue weighted by Gasteiger charge is -2.04. The molecule has 1 amide bonds. The Morgan fingerprint density at radius 3 is 2.50 bits per heavy atom. The Bertz CT molecular complexity index is 1350. The van der Waals surface area contributed by atoms with Crippen molar-refractivity contribution in [2.45, 2.75) is 5.09 Å². The van der Waals surface area contributed by atoms with Gasteiger partial charge in [0.1, 0.15) is 10.8 Å². The van der Waals surface area contributed by atoms with Crippen LogP contribution in [0.4, 0.5) is 10.1 Å². The van der Waals surface area contributed by atoms with Crippen LogP contribution in [0.2, 0.25) is 0 Å². The third-order valence-corrected chi connectivity index (χ3v) is 6.56. The minimum Gasteiger partial charge on any atom is -0.429 e. The van der Waals surface area contributed by atoms with Crippen molar-refractivity contribution in [2.24, 2.45) is 0 Å². The van der Waals surface area contributed by atoms with E-state index in [1.54, 1.807) is 0 Å². The molecule has 0 atom stereocenters. The van der Waals surface area contributed by atoms with Crippen molar-refractivity contribution in [1.29, 1.82) is 0 Å². The van der Waals surface area contributed by atoms with Gasteiger partial charge in [0, 0.05) is 11.3 Å². The highest BCUT2D eigenvalue weighted by atomic mass is 32.2. The van der Waals surface area contributed by atoms with Gasteiger partial charge in [-0.2, -0.15) is 0 Å². The van der Waals surface area contributed by atoms with Crippen LogP contribution in [0, 0.1) is 5.82 Å². The molecule has 158 valence electrons. The molecule has 0 aliphatic carbocycles. The van der Waals surface area contributed by atoms with Crippen LogP contribution in [0.15, 0.2) is 88.4 Å². The van der Waals surface area contributed by atoms with Gasteiger partial charge in [-0.25, -0.2) is 14.4 Å². The van der Waals surface area contributed by atoms with Gasteiger partial charge in [-0.15, -0.1) is 11.3 Å². The average Bonchev–Trinajstić information content (AvgIpc) is 3.44. The fourth-order valence-electron chi connectivity index (χ4n) is 3.08. The lowest BCUT2D eigenvalue weighted by Crippen LogP contribution is -2.13. The molecule has 0 spiro atoms. The van der Waals surface area contributed by atoms with Gasteiger partial charge in [0.05, 0.1) is 16.0 Å². The lowest BCUT2D eigenvalue weighted by atomic mass is 10.2. The van der Waals surface area contributed by atoms with E-state index in [9.17, 15) is 9.18 Å². The lowest BCUT2D eigenvalue weighted by molar-refractivity contribution is -0.113. The first-order chi connectivity index (χ1) is 15.7. The number of oxazole rings is 1. The molecule has 5 aromatic rings. The van der Waals surface area contributed by atoms with Crippen LogP contribution in [0.1, 0.15) is 0 Å². The van der Waals surface area contributed by atoms with Crippen molar-refractivity contribution in [2.75, 3.05) is 11.1 Å². The fourth-order valence-corrected chi connectivity index (χ4v) is 4.85. The zero-order valence-corrected chi connectivity index (χ0v) is 18.3. The third-order valence-electron chi connectivity index (χ3n) is 4.58. The summed E-state index contributed by atoms with van der Waals surface area (Å²) in [6, 6.07) is 23.1. The predicted molar refractivity (Wildman–Crippen MR) is 126 cm³/mol. The van der Waals surface area contributed by atoms with Crippen LogP contribution in [-0.2, 0) is 4.79 Å². The number of carbonyl (C=O) groups is 1. The molecule has 8 heteroatoms. The van der Waals surface area contributed by atoms with E-state index in [4.69, 9.17) is 14.4 Å². The van der Waals surface area contributed by atoms with Crippen LogP contribution in [0.25, 0.3) is 32.4 Å². The van der Waals surface area contributed by atoms with E-state index < -0.39 is 0 Å². The standard InChI is InChI=1S/C24H16FN3O2S2/c25-16-10-12-17(13-11-16)26-20(29)14-31-24-21(23-27-18-8-4-5-9-19(18)32-23)28-22(30-24)15-6-2-1-3-7-15/h1-13H,14H2,(H,26,29). The third kappa shape index (κ3) is 4.42. The summed E-state index contributed by atoms with van der Waals surface area (Å²) in [5.41, 5.74) is 2.88. The molecule has 0 saturated carbocycles. The van der Waals surface area contributed by atoms with Crippen molar-refractivity contribution in [1.82, 2.24) is 9.97 Å². The quantitative estimate of drug-likeness (QED) is 0.293. The Labute approximate surface area is 191 Å². The van der Waals surface area contributed by atoms with Gasteiger partial charge in [-0.3, -0.25) is 4.79 Å². The number of thiazole rings is 1. The normalized spacial score (nSPS) is 11.0. The number of nitrogens with zero attached hydrogens (tertiary/aromatic N) is 2. The number of fused-ring (bicyclic) bond motifs is 1. The van der Waals surface area contributed by atoms with Crippen molar-refractivity contribution < 1.29 is 13.6 Å². The number of hydrogen-bond donors (Lipinski definition) is 1. The molecule has 1 N–H and O–H groups in total. The summed E-state index contributed by atoms with van der Waals surface area (Å²) in [7, 11) is 0. The first kappa shape index (κ1) is 20.4. The van der Waals surface area contributed by atoms with Gasteiger partial charge in [0.2, 0.25) is 11.8 Å². The fraction of sp³-hybridized carbons (Fsp3) is 0.0417. The smallest absolute Gasteiger partial charge is 0.234 e. The monoisotopic (exact) mass is 461 g/mol. The van der Waals surface area contributed by atoms with E-state index in [0.717, 1.165) is 20.8 Å². The van der Waals surface area contributed by atoms with Crippen molar-refractivity contribution >= 4 is 44.9 Å². The van der Waals surface area contributed by atoms with Gasteiger partial charge in [-0.05, 0) is 48.5 Å². The maximum atomic E-state index is 13.1. The molecule has 0 fully saturated rings. The van der Waals surface area contributed by atoms with E-state index in [1.165, 1.54) is 47.4 Å². The highest BCUT2D eigenvalue weighted by molar-refractivity contribution is 8.00. The topological polar surface area (TPSA) is 68.0 Å². The number of rotatable bonds is 6. The summed E-state index contributed by atoms with van der Waals surface area (Å²) in [5, 5.41) is 4.02. The number of amides is 1. The number of hydrogen-bond acceptors (Lipinski definition) is 6. The number of benzene rings is 3. The minimum absolute atomic E-state index is 0.110. The van der Waals surface area contributed by atoms with Gasteiger partial charge in [0.15, 0.2) is 10.8 Å². The highest BCUT2D eigenvalue weighted by Gasteiger charge is 2.21. The summed E-state index contributed by atoms with van der Waals surface area (Å²) in [5.74, 6) is 0.00220. The SMILES string of the molecule is O=C(CSc1oc(-c2ccccc2)nc1-c1nc2ccccc2s1)Nc1ccc(F)cc1. The summed E-state index contributed by atoms with van der Waals surface area (Å²) < 4.78 is 20.2. The number of nitrogens with one attached hydrogen (secondary N) is 1. The largest absolute Gasteiger partial charge is 0.429 e. The molecule has 5 nitrogen and oxygen atoms in total. The molecule has 0 bridgehead atoms. The predicted octanol–water partition coefficient (Wildman–Crippen LogP) is 6.49. The molecule has 3 aromatic carbocycles. The Hall–Kier alpha value is -3.49. The van der Waals surface area contributed by atoms with Crippen LogP contribution in [0.5, 0.6) is 0 Å². The maximum Gasteiger partial charge on any atom is 0.234 e. The van der Waals surface area contributed by atoms with E-state index in [0.29, 0.717) is 22.4 Å². The number of para-hydroxylation sites is 1. The summed E-state index contributed by atoms with van der Waals surface area (Å²) in [6.45, 7) is 0. The number of halogens is 1. The molecule has 0 radical (unpaired) electrons. The van der Waals surface area contributed by atoms with Crippen LogP contribution < -0.4 is 5.32 Å². The molecule has 0 aliphatic heterocycles. The summed E-state index contributed by atoms with van der Waals surface area (Å²) in [6.07, 6.45) is 0. The first-order valence-corrected chi connectivity index (χ1v) is 11.6. The molecular formula is C24H16FN3O2S2. The molecule has 2 aromatic heterocycles. The van der Waals surface area contributed by atoms with Crippen molar-refractivity contribution in [3.05, 3.63) is 84.7 Å². The molecule has 0 unspecified atom stereocenters. The number of anilines is 1. The second kappa shape index (κ2) is 8.94. The molecule has 2 heterocycles. The average molecular weight is 462 g/mol. The van der Waals surface area contributed by atoms with Gasteiger partial charge in [-0.1, -0.05) is 42.1 Å². The molecule has 32 heavy (non-hydrogen) atoms. The van der Waals surface area contributed by atoms with Crippen LogP contribution >= 0.6 is 23.1 Å². The second-order valence-corrected chi connectivity index (χ2v) is 8.83. The number of carbonyl (C=O) groups excluding carboxylic acids is 1. The molecule has 5 rings (SSSR count). The highest BCUT2D eigenvalue weighted by Crippen LogP contribution is 2.38. The minimum atomic E-state index is -0.354. The molecule has 0 aliphatic rings. The van der Waals surface area contributed by atoms with E-state index in [2.05, 4.69) is 5.32 Å². The Morgan fingerprint density at radius 2 is 1.72 bits per heavy atom. The molecular weight excluding hydrogens is 445 g/mol. The zero-order valence-electron chi connectivity index (χ0n) is 16.6. The van der Waals surface area contributed by atoms with E-state index in [1.807, 2.05) is 54.6 Å². The number of thioether (sulfide) groups is 1.